The van der Waals surface area contributed by atoms with Gasteiger partial charge < -0.3 is 9.73 Å². The van der Waals surface area contributed by atoms with Gasteiger partial charge in [0.2, 0.25) is 0 Å². The minimum atomic E-state index is 0.228. The van der Waals surface area contributed by atoms with Gasteiger partial charge in [-0.1, -0.05) is 11.6 Å². The molecular formula is C18H20N2O. The highest BCUT2D eigenvalue weighted by Gasteiger charge is 2.14. The van der Waals surface area contributed by atoms with Gasteiger partial charge in [0.15, 0.2) is 0 Å². The number of aryl methyl sites for hydroxylation is 2. The molecule has 0 amide bonds. The third-order valence-corrected chi connectivity index (χ3v) is 3.85. The molecule has 0 spiro atoms. The van der Waals surface area contributed by atoms with Gasteiger partial charge in [0.1, 0.15) is 11.3 Å². The molecule has 2 heterocycles. The standard InChI is InChI=1S/C18H20N2O/c1-13-3-6-17-15(11-13)12-18(21-17)16(19-2)5-4-14-7-9-20-10-8-14/h3,6-12,16,19H,4-5H2,1-2H3. The van der Waals surface area contributed by atoms with Crippen molar-refractivity contribution >= 4 is 11.0 Å². The Morgan fingerprint density at radius 2 is 1.95 bits per heavy atom. The predicted octanol–water partition coefficient (Wildman–Crippen LogP) is 4.03. The van der Waals surface area contributed by atoms with Gasteiger partial charge in [-0.25, -0.2) is 0 Å². The first-order valence-electron chi connectivity index (χ1n) is 7.32. The fraction of sp³-hybridized carbons (Fsp3) is 0.278. The van der Waals surface area contributed by atoms with Crippen molar-refractivity contribution < 1.29 is 4.42 Å². The summed E-state index contributed by atoms with van der Waals surface area (Å²) in [7, 11) is 1.98. The summed E-state index contributed by atoms with van der Waals surface area (Å²) >= 11 is 0. The minimum Gasteiger partial charge on any atom is -0.459 e. The van der Waals surface area contributed by atoms with Crippen molar-refractivity contribution in [1.82, 2.24) is 10.3 Å². The van der Waals surface area contributed by atoms with Crippen molar-refractivity contribution in [2.75, 3.05) is 7.05 Å². The van der Waals surface area contributed by atoms with Crippen LogP contribution in [-0.4, -0.2) is 12.0 Å². The van der Waals surface area contributed by atoms with E-state index < -0.39 is 0 Å². The Morgan fingerprint density at radius 1 is 1.14 bits per heavy atom. The molecule has 1 aromatic carbocycles. The molecule has 1 N–H and O–H groups in total. The highest BCUT2D eigenvalue weighted by molar-refractivity contribution is 5.78. The van der Waals surface area contributed by atoms with Crippen LogP contribution in [0.4, 0.5) is 0 Å². The van der Waals surface area contributed by atoms with E-state index in [-0.39, 0.29) is 6.04 Å². The fourth-order valence-electron chi connectivity index (χ4n) is 2.64. The summed E-state index contributed by atoms with van der Waals surface area (Å²) < 4.78 is 5.99. The van der Waals surface area contributed by atoms with Crippen LogP contribution in [0.1, 0.15) is 29.3 Å². The van der Waals surface area contributed by atoms with Gasteiger partial charge in [-0.05, 0) is 62.7 Å². The van der Waals surface area contributed by atoms with E-state index in [2.05, 4.69) is 47.6 Å². The average Bonchev–Trinajstić information content (AvgIpc) is 2.92. The van der Waals surface area contributed by atoms with Crippen molar-refractivity contribution in [3.8, 4) is 0 Å². The first-order valence-corrected chi connectivity index (χ1v) is 7.32. The number of nitrogens with one attached hydrogen (secondary N) is 1. The zero-order valence-electron chi connectivity index (χ0n) is 12.5. The van der Waals surface area contributed by atoms with Crippen LogP contribution in [0.15, 0.2) is 53.2 Å². The van der Waals surface area contributed by atoms with E-state index in [9.17, 15) is 0 Å². The maximum atomic E-state index is 5.99. The molecule has 3 nitrogen and oxygen atoms in total. The Bertz CT molecular complexity index is 718. The Labute approximate surface area is 125 Å². The first kappa shape index (κ1) is 13.8. The van der Waals surface area contributed by atoms with Gasteiger partial charge in [0.05, 0.1) is 6.04 Å². The van der Waals surface area contributed by atoms with E-state index in [0.29, 0.717) is 0 Å². The minimum absolute atomic E-state index is 0.228. The van der Waals surface area contributed by atoms with Crippen molar-refractivity contribution in [2.45, 2.75) is 25.8 Å². The van der Waals surface area contributed by atoms with E-state index in [1.807, 2.05) is 25.5 Å². The van der Waals surface area contributed by atoms with E-state index >= 15 is 0 Å². The van der Waals surface area contributed by atoms with Gasteiger partial charge >= 0.3 is 0 Å². The van der Waals surface area contributed by atoms with Gasteiger partial charge in [0.25, 0.3) is 0 Å². The van der Waals surface area contributed by atoms with Crippen molar-refractivity contribution in [3.63, 3.8) is 0 Å². The number of aromatic nitrogens is 1. The molecule has 0 aliphatic heterocycles. The molecule has 0 bridgehead atoms. The lowest BCUT2D eigenvalue weighted by molar-refractivity contribution is 0.433. The molecule has 1 unspecified atom stereocenters. The van der Waals surface area contributed by atoms with Crippen molar-refractivity contribution in [1.29, 1.82) is 0 Å². The van der Waals surface area contributed by atoms with E-state index in [4.69, 9.17) is 4.42 Å². The maximum Gasteiger partial charge on any atom is 0.134 e. The largest absolute Gasteiger partial charge is 0.459 e. The van der Waals surface area contributed by atoms with Gasteiger partial charge in [-0.2, -0.15) is 0 Å². The average molecular weight is 280 g/mol. The Hall–Kier alpha value is -2.13. The van der Waals surface area contributed by atoms with Crippen LogP contribution in [0.2, 0.25) is 0 Å². The molecule has 3 heteroatoms. The Kier molecular flexibility index (Phi) is 4.02. The summed E-state index contributed by atoms with van der Waals surface area (Å²) in [5.74, 6) is 1.01. The summed E-state index contributed by atoms with van der Waals surface area (Å²) in [6, 6.07) is 12.8. The molecule has 0 aliphatic carbocycles. The van der Waals surface area contributed by atoms with Crippen LogP contribution in [0.3, 0.4) is 0 Å². The highest BCUT2D eigenvalue weighted by atomic mass is 16.3. The summed E-state index contributed by atoms with van der Waals surface area (Å²) in [5, 5.41) is 4.53. The molecule has 0 fully saturated rings. The molecule has 3 rings (SSSR count). The van der Waals surface area contributed by atoms with Gasteiger partial charge in [-0.3, -0.25) is 4.98 Å². The lowest BCUT2D eigenvalue weighted by Gasteiger charge is -2.13. The zero-order chi connectivity index (χ0) is 14.7. The second-order valence-corrected chi connectivity index (χ2v) is 5.43. The molecular weight excluding hydrogens is 260 g/mol. The third kappa shape index (κ3) is 3.14. The molecule has 2 aromatic heterocycles. The number of hydrogen-bond acceptors (Lipinski definition) is 3. The smallest absolute Gasteiger partial charge is 0.134 e. The molecule has 1 atom stereocenters. The van der Waals surface area contributed by atoms with Crippen LogP contribution in [-0.2, 0) is 6.42 Å². The van der Waals surface area contributed by atoms with E-state index in [1.54, 1.807) is 0 Å². The molecule has 21 heavy (non-hydrogen) atoms. The number of nitrogens with zero attached hydrogens (tertiary/aromatic N) is 1. The van der Waals surface area contributed by atoms with Gasteiger partial charge in [0, 0.05) is 17.8 Å². The third-order valence-electron chi connectivity index (χ3n) is 3.85. The van der Waals surface area contributed by atoms with Crippen LogP contribution in [0, 0.1) is 6.92 Å². The summed E-state index contributed by atoms with van der Waals surface area (Å²) in [4.78, 5) is 4.05. The van der Waals surface area contributed by atoms with Crippen LogP contribution < -0.4 is 5.32 Å². The molecule has 3 aromatic rings. The fourth-order valence-corrected chi connectivity index (χ4v) is 2.64. The van der Waals surface area contributed by atoms with Crippen molar-refractivity contribution in [3.05, 3.63) is 65.7 Å². The van der Waals surface area contributed by atoms with Crippen LogP contribution in [0.5, 0.6) is 0 Å². The Morgan fingerprint density at radius 3 is 2.71 bits per heavy atom. The number of furan rings is 1. The maximum absolute atomic E-state index is 5.99. The molecule has 0 saturated heterocycles. The molecule has 108 valence electrons. The second kappa shape index (κ2) is 6.10. The predicted molar refractivity (Wildman–Crippen MR) is 85.3 cm³/mol. The zero-order valence-corrected chi connectivity index (χ0v) is 12.5. The van der Waals surface area contributed by atoms with Gasteiger partial charge in [-0.15, -0.1) is 0 Å². The first-order chi connectivity index (χ1) is 10.3. The highest BCUT2D eigenvalue weighted by Crippen LogP contribution is 2.27. The van der Waals surface area contributed by atoms with Crippen LogP contribution in [0.25, 0.3) is 11.0 Å². The molecule has 0 aliphatic rings. The number of fused-ring (bicyclic) bond motifs is 1. The molecule has 0 saturated carbocycles. The lowest BCUT2D eigenvalue weighted by atomic mass is 10.0. The molecule has 0 radical (unpaired) electrons. The monoisotopic (exact) mass is 280 g/mol. The SMILES string of the molecule is CNC(CCc1ccncc1)c1cc2cc(C)ccc2o1. The number of hydrogen-bond donors (Lipinski definition) is 1. The normalized spacial score (nSPS) is 12.7. The Balaban J connectivity index is 1.78. The summed E-state index contributed by atoms with van der Waals surface area (Å²) in [6.45, 7) is 2.10. The summed E-state index contributed by atoms with van der Waals surface area (Å²) in [6.07, 6.45) is 5.69. The number of rotatable bonds is 5. The van der Waals surface area contributed by atoms with E-state index in [1.165, 1.54) is 16.5 Å². The van der Waals surface area contributed by atoms with Crippen LogP contribution >= 0.6 is 0 Å². The lowest BCUT2D eigenvalue weighted by Crippen LogP contribution is -2.16. The van der Waals surface area contributed by atoms with E-state index in [0.717, 1.165) is 24.2 Å². The van der Waals surface area contributed by atoms with Crippen molar-refractivity contribution in [2.24, 2.45) is 0 Å². The quantitative estimate of drug-likeness (QED) is 0.766. The summed E-state index contributed by atoms with van der Waals surface area (Å²) in [5.41, 5.74) is 3.52. The number of pyridine rings is 1. The topological polar surface area (TPSA) is 38.1 Å². The second-order valence-electron chi connectivity index (χ2n) is 5.43. The number of benzene rings is 1.